The van der Waals surface area contributed by atoms with E-state index in [1.807, 2.05) is 50.6 Å². The largest absolute Gasteiger partial charge is 0.379 e. The highest BCUT2D eigenvalue weighted by Crippen LogP contribution is 2.14. The first-order chi connectivity index (χ1) is 11.5. The molecule has 0 atom stereocenters. The van der Waals surface area contributed by atoms with Crippen LogP contribution in [-0.4, -0.2) is 34.9 Å². The van der Waals surface area contributed by atoms with Gasteiger partial charge in [0.2, 0.25) is 0 Å². The molecule has 2 rings (SSSR count). The lowest BCUT2D eigenvalue weighted by Crippen LogP contribution is -2.26. The minimum Gasteiger partial charge on any atom is -0.379 e. The number of rotatable bonds is 8. The number of hydrogen-bond acceptors (Lipinski definition) is 3. The van der Waals surface area contributed by atoms with E-state index in [4.69, 9.17) is 4.74 Å². The van der Waals surface area contributed by atoms with Crippen LogP contribution in [0.4, 0.5) is 0 Å². The van der Waals surface area contributed by atoms with Crippen molar-refractivity contribution in [2.45, 2.75) is 46.8 Å². The van der Waals surface area contributed by atoms with Crippen LogP contribution in [0.3, 0.4) is 0 Å². The summed E-state index contributed by atoms with van der Waals surface area (Å²) in [6, 6.07) is 10.1. The second kappa shape index (κ2) is 8.64. The summed E-state index contributed by atoms with van der Waals surface area (Å²) in [4.78, 5) is 12.4. The van der Waals surface area contributed by atoms with Gasteiger partial charge in [-0.1, -0.05) is 30.3 Å². The fourth-order valence-electron chi connectivity index (χ4n) is 2.62. The Bertz CT molecular complexity index is 663. The van der Waals surface area contributed by atoms with Crippen molar-refractivity contribution < 1.29 is 9.53 Å². The van der Waals surface area contributed by atoms with E-state index in [0.717, 1.165) is 17.8 Å². The summed E-state index contributed by atoms with van der Waals surface area (Å²) in [5.74, 6) is -0.0612. The molecule has 2 aromatic rings. The van der Waals surface area contributed by atoms with E-state index in [9.17, 15) is 4.79 Å². The molecule has 1 amide bonds. The molecule has 5 nitrogen and oxygen atoms in total. The number of aromatic nitrogens is 2. The predicted molar refractivity (Wildman–Crippen MR) is 95.3 cm³/mol. The smallest absolute Gasteiger partial charge is 0.255 e. The summed E-state index contributed by atoms with van der Waals surface area (Å²) in [7, 11) is 0. The maximum Gasteiger partial charge on any atom is 0.255 e. The van der Waals surface area contributed by atoms with E-state index in [2.05, 4.69) is 22.5 Å². The Morgan fingerprint density at radius 2 is 1.96 bits per heavy atom. The Kier molecular flexibility index (Phi) is 6.55. The van der Waals surface area contributed by atoms with Gasteiger partial charge in [-0.15, -0.1) is 0 Å². The van der Waals surface area contributed by atoms with E-state index < -0.39 is 0 Å². The van der Waals surface area contributed by atoms with Gasteiger partial charge in [-0.2, -0.15) is 5.10 Å². The zero-order chi connectivity index (χ0) is 17.5. The number of carbonyl (C=O) groups is 1. The Balaban J connectivity index is 1.96. The van der Waals surface area contributed by atoms with Crippen LogP contribution in [-0.2, 0) is 11.3 Å². The van der Waals surface area contributed by atoms with Gasteiger partial charge in [0, 0.05) is 18.8 Å². The molecule has 0 saturated heterocycles. The van der Waals surface area contributed by atoms with Gasteiger partial charge in [0.05, 0.1) is 23.9 Å². The number of nitrogens with one attached hydrogen (secondary N) is 1. The fraction of sp³-hybridized carbons (Fsp3) is 0.474. The third-order valence-corrected chi connectivity index (χ3v) is 3.84. The van der Waals surface area contributed by atoms with Crippen LogP contribution in [0, 0.1) is 13.8 Å². The highest BCUT2D eigenvalue weighted by Gasteiger charge is 2.18. The number of carbonyl (C=O) groups excluding carboxylic acids is 1. The first kappa shape index (κ1) is 18.2. The van der Waals surface area contributed by atoms with Crippen LogP contribution in [0.25, 0.3) is 0 Å². The van der Waals surface area contributed by atoms with Crippen LogP contribution in [0.5, 0.6) is 0 Å². The summed E-state index contributed by atoms with van der Waals surface area (Å²) in [5, 5.41) is 7.48. The monoisotopic (exact) mass is 329 g/mol. The van der Waals surface area contributed by atoms with Gasteiger partial charge >= 0.3 is 0 Å². The average Bonchev–Trinajstić information content (AvgIpc) is 2.81. The number of nitrogens with zero attached hydrogens (tertiary/aromatic N) is 2. The summed E-state index contributed by atoms with van der Waals surface area (Å²) >= 11 is 0. The summed E-state index contributed by atoms with van der Waals surface area (Å²) in [6.45, 7) is 9.77. The van der Waals surface area contributed by atoms with Gasteiger partial charge in [0.15, 0.2) is 0 Å². The Labute approximate surface area is 144 Å². The molecule has 0 bridgehead atoms. The van der Waals surface area contributed by atoms with Gasteiger partial charge in [0.1, 0.15) is 0 Å². The van der Waals surface area contributed by atoms with Gasteiger partial charge in [-0.3, -0.25) is 9.48 Å². The van der Waals surface area contributed by atoms with Crippen LogP contribution >= 0.6 is 0 Å². The van der Waals surface area contributed by atoms with Crippen molar-refractivity contribution >= 4 is 5.91 Å². The van der Waals surface area contributed by atoms with Crippen molar-refractivity contribution in [2.75, 3.05) is 13.2 Å². The van der Waals surface area contributed by atoms with Crippen LogP contribution in [0.2, 0.25) is 0 Å². The Morgan fingerprint density at radius 3 is 2.62 bits per heavy atom. The topological polar surface area (TPSA) is 56.2 Å². The van der Waals surface area contributed by atoms with E-state index in [1.54, 1.807) is 0 Å². The highest BCUT2D eigenvalue weighted by molar-refractivity contribution is 5.96. The number of ether oxygens (including phenoxy) is 1. The maximum atomic E-state index is 12.4. The first-order valence-corrected chi connectivity index (χ1v) is 8.46. The van der Waals surface area contributed by atoms with Crippen molar-refractivity contribution in [1.29, 1.82) is 0 Å². The molecule has 0 aliphatic heterocycles. The standard InChI is InChI=1S/C19H27N3O2/c1-14(2)24-12-8-11-20-19(23)18-15(3)21-22(16(18)4)13-17-9-6-5-7-10-17/h5-7,9-10,14H,8,11-13H2,1-4H3,(H,20,23). The minimum absolute atomic E-state index is 0.0612. The van der Waals surface area contributed by atoms with E-state index >= 15 is 0 Å². The molecule has 24 heavy (non-hydrogen) atoms. The van der Waals surface area contributed by atoms with Crippen molar-refractivity contribution in [2.24, 2.45) is 0 Å². The number of hydrogen-bond donors (Lipinski definition) is 1. The molecule has 5 heteroatoms. The average molecular weight is 329 g/mol. The molecule has 130 valence electrons. The molecule has 0 fully saturated rings. The van der Waals surface area contributed by atoms with Crippen molar-refractivity contribution in [3.8, 4) is 0 Å². The molecule has 1 aromatic carbocycles. The summed E-state index contributed by atoms with van der Waals surface area (Å²) in [6.07, 6.45) is 1.03. The molecule has 0 spiro atoms. The van der Waals surface area contributed by atoms with Gasteiger partial charge in [-0.25, -0.2) is 0 Å². The zero-order valence-corrected chi connectivity index (χ0v) is 15.0. The fourth-order valence-corrected chi connectivity index (χ4v) is 2.62. The quantitative estimate of drug-likeness (QED) is 0.757. The maximum absolute atomic E-state index is 12.4. The molecule has 0 unspecified atom stereocenters. The molecule has 0 aliphatic carbocycles. The highest BCUT2D eigenvalue weighted by atomic mass is 16.5. The van der Waals surface area contributed by atoms with Crippen molar-refractivity contribution in [3.63, 3.8) is 0 Å². The molecule has 0 aliphatic rings. The first-order valence-electron chi connectivity index (χ1n) is 8.46. The van der Waals surface area contributed by atoms with E-state index in [0.29, 0.717) is 25.3 Å². The molecular formula is C19H27N3O2. The molecule has 0 radical (unpaired) electrons. The van der Waals surface area contributed by atoms with Gasteiger partial charge < -0.3 is 10.1 Å². The summed E-state index contributed by atoms with van der Waals surface area (Å²) < 4.78 is 7.37. The van der Waals surface area contributed by atoms with Crippen LogP contribution in [0.15, 0.2) is 30.3 Å². The van der Waals surface area contributed by atoms with Gasteiger partial charge in [-0.05, 0) is 39.7 Å². The number of benzene rings is 1. The van der Waals surface area contributed by atoms with Crippen LogP contribution < -0.4 is 5.32 Å². The van der Waals surface area contributed by atoms with Gasteiger partial charge in [0.25, 0.3) is 5.91 Å². The van der Waals surface area contributed by atoms with Crippen molar-refractivity contribution in [1.82, 2.24) is 15.1 Å². The molecule has 0 saturated carbocycles. The molecule has 1 aromatic heterocycles. The lowest BCUT2D eigenvalue weighted by Gasteiger charge is -2.09. The van der Waals surface area contributed by atoms with Crippen molar-refractivity contribution in [3.05, 3.63) is 52.8 Å². The SMILES string of the molecule is Cc1nn(Cc2ccccc2)c(C)c1C(=O)NCCCOC(C)C. The van der Waals surface area contributed by atoms with E-state index in [1.165, 1.54) is 5.56 Å². The predicted octanol–water partition coefficient (Wildman–Crippen LogP) is 3.09. The Morgan fingerprint density at radius 1 is 1.25 bits per heavy atom. The molecular weight excluding hydrogens is 302 g/mol. The number of aryl methyl sites for hydroxylation is 1. The summed E-state index contributed by atoms with van der Waals surface area (Å²) in [5.41, 5.74) is 3.50. The number of amides is 1. The second-order valence-electron chi connectivity index (χ2n) is 6.22. The third kappa shape index (κ3) is 4.93. The van der Waals surface area contributed by atoms with Crippen LogP contribution in [0.1, 0.15) is 47.6 Å². The Hall–Kier alpha value is -2.14. The normalized spacial score (nSPS) is 11.0. The minimum atomic E-state index is -0.0612. The molecule has 1 heterocycles. The second-order valence-corrected chi connectivity index (χ2v) is 6.22. The lowest BCUT2D eigenvalue weighted by atomic mass is 10.1. The zero-order valence-electron chi connectivity index (χ0n) is 15.0. The van der Waals surface area contributed by atoms with E-state index in [-0.39, 0.29) is 12.0 Å². The third-order valence-electron chi connectivity index (χ3n) is 3.84. The molecule has 1 N–H and O–H groups in total. The lowest BCUT2D eigenvalue weighted by molar-refractivity contribution is 0.0757.